The molecule has 0 saturated carbocycles. The number of fused-ring (bicyclic) bond motifs is 2. The highest BCUT2D eigenvalue weighted by atomic mass is 16.3. The second-order valence-electron chi connectivity index (χ2n) is 5.51. The quantitative estimate of drug-likeness (QED) is 0.377. The largest absolute Gasteiger partial charge is 0.507 e. The van der Waals surface area contributed by atoms with Gasteiger partial charge in [-0.3, -0.25) is 0 Å². The van der Waals surface area contributed by atoms with Gasteiger partial charge >= 0.3 is 0 Å². The van der Waals surface area contributed by atoms with Crippen molar-refractivity contribution >= 4 is 27.2 Å². The van der Waals surface area contributed by atoms with Crippen molar-refractivity contribution in [3.8, 4) is 5.75 Å². The number of phenolic OH excluding ortho intramolecular Hbond substituents is 1. The summed E-state index contributed by atoms with van der Waals surface area (Å²) in [6.45, 7) is 3.18. The van der Waals surface area contributed by atoms with Crippen LogP contribution in [-0.2, 0) is 0 Å². The predicted molar refractivity (Wildman–Crippen MR) is 91.1 cm³/mol. The van der Waals surface area contributed by atoms with Crippen LogP contribution in [0.2, 0.25) is 0 Å². The van der Waals surface area contributed by atoms with E-state index in [1.807, 2.05) is 18.2 Å². The molecule has 0 aliphatic carbocycles. The number of hydrogen-bond donors (Lipinski definition) is 2. The van der Waals surface area contributed by atoms with Crippen molar-refractivity contribution in [3.63, 3.8) is 0 Å². The number of rotatable bonds is 5. The van der Waals surface area contributed by atoms with Gasteiger partial charge in [0.25, 0.3) is 0 Å². The van der Waals surface area contributed by atoms with Gasteiger partial charge in [0, 0.05) is 23.0 Å². The molecule has 0 aliphatic rings. The Balaban J connectivity index is 2.04. The van der Waals surface area contributed by atoms with Crippen LogP contribution < -0.4 is 5.32 Å². The Kier molecular flexibility index (Phi) is 3.96. The van der Waals surface area contributed by atoms with Crippen LogP contribution in [0.15, 0.2) is 48.5 Å². The van der Waals surface area contributed by atoms with Gasteiger partial charge in [-0.2, -0.15) is 0 Å². The van der Waals surface area contributed by atoms with Crippen molar-refractivity contribution in [2.24, 2.45) is 0 Å². The second-order valence-corrected chi connectivity index (χ2v) is 5.51. The van der Waals surface area contributed by atoms with Crippen molar-refractivity contribution in [3.05, 3.63) is 48.5 Å². The summed E-state index contributed by atoms with van der Waals surface area (Å²) >= 11 is 0. The lowest BCUT2D eigenvalue weighted by Crippen LogP contribution is -2.01. The molecule has 108 valence electrons. The molecule has 3 aromatic rings. The monoisotopic (exact) mass is 279 g/mol. The molecule has 2 nitrogen and oxygen atoms in total. The highest BCUT2D eigenvalue weighted by Crippen LogP contribution is 2.34. The van der Waals surface area contributed by atoms with E-state index in [0.717, 1.165) is 28.4 Å². The summed E-state index contributed by atoms with van der Waals surface area (Å²) in [5.41, 5.74) is 1.10. The zero-order chi connectivity index (χ0) is 14.7. The van der Waals surface area contributed by atoms with Crippen LogP contribution in [-0.4, -0.2) is 11.7 Å². The Hall–Kier alpha value is -2.22. The van der Waals surface area contributed by atoms with E-state index in [0.29, 0.717) is 5.75 Å². The maximum Gasteiger partial charge on any atom is 0.123 e. The van der Waals surface area contributed by atoms with E-state index in [1.165, 1.54) is 24.6 Å². The lowest BCUT2D eigenvalue weighted by Gasteiger charge is -2.12. The van der Waals surface area contributed by atoms with E-state index >= 15 is 0 Å². The first-order valence-electron chi connectivity index (χ1n) is 7.68. The maximum atomic E-state index is 10.1. The zero-order valence-corrected chi connectivity index (χ0v) is 12.4. The predicted octanol–water partition coefficient (Wildman–Crippen LogP) is 5.30. The molecule has 21 heavy (non-hydrogen) atoms. The van der Waals surface area contributed by atoms with Crippen molar-refractivity contribution < 1.29 is 5.11 Å². The van der Waals surface area contributed by atoms with E-state index in [-0.39, 0.29) is 0 Å². The number of unbranched alkanes of at least 4 members (excludes halogenated alkanes) is 2. The van der Waals surface area contributed by atoms with Crippen molar-refractivity contribution in [1.29, 1.82) is 0 Å². The number of nitrogens with one attached hydrogen (secondary N) is 1. The average Bonchev–Trinajstić information content (AvgIpc) is 2.52. The van der Waals surface area contributed by atoms with Gasteiger partial charge < -0.3 is 10.4 Å². The highest BCUT2D eigenvalue weighted by Gasteiger charge is 2.06. The molecule has 0 fully saturated rings. The van der Waals surface area contributed by atoms with Crippen LogP contribution in [0.25, 0.3) is 21.5 Å². The summed E-state index contributed by atoms with van der Waals surface area (Å²) < 4.78 is 0. The maximum absolute atomic E-state index is 10.1. The van der Waals surface area contributed by atoms with Crippen LogP contribution >= 0.6 is 0 Å². The van der Waals surface area contributed by atoms with E-state index < -0.39 is 0 Å². The lowest BCUT2D eigenvalue weighted by molar-refractivity contribution is 0.482. The van der Waals surface area contributed by atoms with Crippen molar-refractivity contribution in [1.82, 2.24) is 0 Å². The molecule has 0 aliphatic heterocycles. The highest BCUT2D eigenvalue weighted by molar-refractivity contribution is 6.06. The Labute approximate surface area is 125 Å². The molecule has 0 saturated heterocycles. The molecule has 0 amide bonds. The summed E-state index contributed by atoms with van der Waals surface area (Å²) in [4.78, 5) is 0. The molecule has 0 bridgehead atoms. The van der Waals surface area contributed by atoms with Gasteiger partial charge in [-0.05, 0) is 41.5 Å². The Morgan fingerprint density at radius 2 is 1.62 bits per heavy atom. The minimum atomic E-state index is 0.342. The van der Waals surface area contributed by atoms with E-state index in [9.17, 15) is 5.11 Å². The van der Waals surface area contributed by atoms with Gasteiger partial charge in [0.15, 0.2) is 0 Å². The first-order valence-corrected chi connectivity index (χ1v) is 7.68. The summed E-state index contributed by atoms with van der Waals surface area (Å²) in [5, 5.41) is 18.0. The fraction of sp³-hybridized carbons (Fsp3) is 0.263. The number of benzene rings is 3. The third kappa shape index (κ3) is 2.80. The molecule has 2 heteroatoms. The third-order valence-electron chi connectivity index (χ3n) is 3.96. The van der Waals surface area contributed by atoms with Crippen LogP contribution in [0.5, 0.6) is 5.75 Å². The molecule has 0 atom stereocenters. The van der Waals surface area contributed by atoms with Crippen LogP contribution in [0, 0.1) is 0 Å². The average molecular weight is 279 g/mol. The fourth-order valence-corrected chi connectivity index (χ4v) is 2.77. The SMILES string of the molecule is CCCCCNc1ccc(O)c2cc3ccccc3cc12. The van der Waals surface area contributed by atoms with Crippen molar-refractivity contribution in [2.45, 2.75) is 26.2 Å². The Morgan fingerprint density at radius 1 is 0.905 bits per heavy atom. The Morgan fingerprint density at radius 3 is 2.33 bits per heavy atom. The number of aromatic hydroxyl groups is 1. The molecule has 0 spiro atoms. The van der Waals surface area contributed by atoms with Gasteiger partial charge in [0.05, 0.1) is 0 Å². The van der Waals surface area contributed by atoms with Crippen LogP contribution in [0.1, 0.15) is 26.2 Å². The first kappa shape index (κ1) is 13.7. The van der Waals surface area contributed by atoms with Gasteiger partial charge in [0.1, 0.15) is 5.75 Å². The molecule has 2 N–H and O–H groups in total. The van der Waals surface area contributed by atoms with E-state index in [2.05, 4.69) is 36.5 Å². The standard InChI is InChI=1S/C19H21NO/c1-2-3-6-11-20-18-9-10-19(21)17-13-15-8-5-4-7-14(15)12-16(17)18/h4-5,7-10,12-13,20-21H,2-3,6,11H2,1H3. The molecule has 3 rings (SSSR count). The van der Waals surface area contributed by atoms with Gasteiger partial charge in [-0.1, -0.05) is 44.0 Å². The molecule has 3 aromatic carbocycles. The summed E-state index contributed by atoms with van der Waals surface area (Å²) in [6, 6.07) is 16.2. The second kappa shape index (κ2) is 6.04. The molecule has 0 heterocycles. The minimum absolute atomic E-state index is 0.342. The minimum Gasteiger partial charge on any atom is -0.507 e. The fourth-order valence-electron chi connectivity index (χ4n) is 2.77. The number of anilines is 1. The van der Waals surface area contributed by atoms with Gasteiger partial charge in [-0.15, -0.1) is 0 Å². The lowest BCUT2D eigenvalue weighted by atomic mass is 10.0. The normalized spacial score (nSPS) is 11.1. The van der Waals surface area contributed by atoms with E-state index in [4.69, 9.17) is 0 Å². The molecular weight excluding hydrogens is 258 g/mol. The topological polar surface area (TPSA) is 32.3 Å². The summed E-state index contributed by atoms with van der Waals surface area (Å²) in [5.74, 6) is 0.342. The van der Waals surface area contributed by atoms with Gasteiger partial charge in [0.2, 0.25) is 0 Å². The molecule has 0 unspecified atom stereocenters. The Bertz CT molecular complexity index is 764. The third-order valence-corrected chi connectivity index (χ3v) is 3.96. The van der Waals surface area contributed by atoms with Gasteiger partial charge in [-0.25, -0.2) is 0 Å². The molecular formula is C19H21NO. The smallest absolute Gasteiger partial charge is 0.123 e. The van der Waals surface area contributed by atoms with Crippen LogP contribution in [0.4, 0.5) is 5.69 Å². The number of phenols is 1. The summed E-state index contributed by atoms with van der Waals surface area (Å²) in [6.07, 6.45) is 3.64. The molecule has 0 aromatic heterocycles. The first-order chi connectivity index (χ1) is 10.3. The van der Waals surface area contributed by atoms with Crippen molar-refractivity contribution in [2.75, 3.05) is 11.9 Å². The van der Waals surface area contributed by atoms with E-state index in [1.54, 1.807) is 6.07 Å². The molecule has 0 radical (unpaired) electrons. The zero-order valence-electron chi connectivity index (χ0n) is 12.4. The summed E-state index contributed by atoms with van der Waals surface area (Å²) in [7, 11) is 0. The van der Waals surface area contributed by atoms with Crippen LogP contribution in [0.3, 0.4) is 0 Å². The number of hydrogen-bond acceptors (Lipinski definition) is 2.